The number of nitrogens with one attached hydrogen (secondary N) is 3. The molecule has 13 heteroatoms. The van der Waals surface area contributed by atoms with Crippen molar-refractivity contribution in [1.29, 1.82) is 0 Å². The predicted octanol–water partition coefficient (Wildman–Crippen LogP) is 0.979. The maximum absolute atomic E-state index is 13.3. The maximum Gasteiger partial charge on any atom is 0.283 e. The van der Waals surface area contributed by atoms with Crippen molar-refractivity contribution in [2.75, 3.05) is 24.4 Å². The van der Waals surface area contributed by atoms with E-state index in [0.717, 1.165) is 0 Å². The normalized spacial score (nSPS) is 18.8. The molecule has 5 rings (SSSR count). The first-order chi connectivity index (χ1) is 15.9. The van der Waals surface area contributed by atoms with E-state index in [1.165, 1.54) is 36.1 Å². The Labute approximate surface area is 193 Å². The number of aromatic nitrogens is 4. The van der Waals surface area contributed by atoms with E-state index in [2.05, 4.69) is 30.0 Å². The van der Waals surface area contributed by atoms with E-state index in [0.29, 0.717) is 54.4 Å². The molecule has 0 bridgehead atoms. The molecular weight excluding hydrogens is 466 g/mol. The Hall–Kier alpha value is -3.16. The highest BCUT2D eigenvalue weighted by molar-refractivity contribution is 7.93. The average Bonchev–Trinajstić information content (AvgIpc) is 3.57. The van der Waals surface area contributed by atoms with Gasteiger partial charge in [0.1, 0.15) is 0 Å². The van der Waals surface area contributed by atoms with Crippen LogP contribution in [0, 0.1) is 0 Å². The number of pyridine rings is 1. The molecule has 2 fully saturated rings. The number of aromatic amines is 1. The SMILES string of the molecule is O=C(c1ncc(-c2cncc(=O)[nH]2)s1)N1CCNCC1c1cc(NS(=O)(=O)C2CC2)ccn1. The predicted molar refractivity (Wildman–Crippen MR) is 122 cm³/mol. The van der Waals surface area contributed by atoms with Crippen LogP contribution in [-0.4, -0.2) is 64.0 Å². The van der Waals surface area contributed by atoms with E-state index in [9.17, 15) is 18.0 Å². The summed E-state index contributed by atoms with van der Waals surface area (Å²) in [6, 6.07) is 2.89. The van der Waals surface area contributed by atoms with Gasteiger partial charge in [0.2, 0.25) is 10.0 Å². The van der Waals surface area contributed by atoms with E-state index in [4.69, 9.17) is 0 Å². The van der Waals surface area contributed by atoms with Crippen LogP contribution in [-0.2, 0) is 10.0 Å². The lowest BCUT2D eigenvalue weighted by molar-refractivity contribution is 0.0629. The first kappa shape index (κ1) is 21.7. The van der Waals surface area contributed by atoms with Gasteiger partial charge >= 0.3 is 0 Å². The number of thiazole rings is 1. The topological polar surface area (TPSA) is 150 Å². The number of sulfonamides is 1. The smallest absolute Gasteiger partial charge is 0.283 e. The third kappa shape index (κ3) is 4.65. The van der Waals surface area contributed by atoms with E-state index >= 15 is 0 Å². The van der Waals surface area contributed by atoms with Gasteiger partial charge < -0.3 is 15.2 Å². The van der Waals surface area contributed by atoms with Crippen LogP contribution in [0.3, 0.4) is 0 Å². The minimum Gasteiger partial charge on any atom is -0.325 e. The monoisotopic (exact) mass is 487 g/mol. The number of H-pyrrole nitrogens is 1. The Morgan fingerprint density at radius 1 is 1.21 bits per heavy atom. The number of hydrogen-bond donors (Lipinski definition) is 3. The summed E-state index contributed by atoms with van der Waals surface area (Å²) < 4.78 is 27.2. The summed E-state index contributed by atoms with van der Waals surface area (Å²) in [4.78, 5) is 42.4. The van der Waals surface area contributed by atoms with E-state index < -0.39 is 10.0 Å². The molecule has 0 spiro atoms. The standard InChI is InChI=1S/C20H21N7O4S2/c28-18-11-22-8-15(25-18)17-10-24-19(32-17)20(29)27-6-5-21-9-16(27)14-7-12(3-4-23-14)26-33(30,31)13-1-2-13/h3-4,7-8,10-11,13,16,21H,1-2,5-6,9H2,(H,23,26)(H,25,28). The Balaban J connectivity index is 1.39. The molecule has 1 saturated heterocycles. The van der Waals surface area contributed by atoms with Crippen molar-refractivity contribution in [2.24, 2.45) is 0 Å². The van der Waals surface area contributed by atoms with Gasteiger partial charge in [0.15, 0.2) is 5.01 Å². The second kappa shape index (κ2) is 8.65. The van der Waals surface area contributed by atoms with Crippen LogP contribution in [0.15, 0.2) is 41.7 Å². The van der Waals surface area contributed by atoms with Crippen molar-refractivity contribution < 1.29 is 13.2 Å². The molecule has 3 N–H and O–H groups in total. The van der Waals surface area contributed by atoms with Gasteiger partial charge in [-0.1, -0.05) is 0 Å². The van der Waals surface area contributed by atoms with Gasteiger partial charge in [0.05, 0.1) is 45.6 Å². The zero-order valence-electron chi connectivity index (χ0n) is 17.4. The van der Waals surface area contributed by atoms with Gasteiger partial charge in [0.25, 0.3) is 11.5 Å². The molecule has 1 atom stereocenters. The lowest BCUT2D eigenvalue weighted by Gasteiger charge is -2.35. The number of nitrogens with zero attached hydrogens (tertiary/aromatic N) is 4. The lowest BCUT2D eigenvalue weighted by Crippen LogP contribution is -2.49. The van der Waals surface area contributed by atoms with Crippen LogP contribution in [0.4, 0.5) is 5.69 Å². The Bertz CT molecular complexity index is 1350. The molecule has 1 saturated carbocycles. The van der Waals surface area contributed by atoms with E-state index in [1.54, 1.807) is 17.0 Å². The summed E-state index contributed by atoms with van der Waals surface area (Å²) in [6.45, 7) is 1.54. The number of piperazine rings is 1. The first-order valence-electron chi connectivity index (χ1n) is 10.4. The molecule has 1 unspecified atom stereocenters. The second-order valence-electron chi connectivity index (χ2n) is 7.87. The van der Waals surface area contributed by atoms with Crippen molar-refractivity contribution in [1.82, 2.24) is 30.2 Å². The largest absolute Gasteiger partial charge is 0.325 e. The number of carbonyl (C=O) groups excluding carboxylic acids is 1. The van der Waals surface area contributed by atoms with Gasteiger partial charge in [0, 0.05) is 32.0 Å². The molecular formula is C20H21N7O4S2. The summed E-state index contributed by atoms with van der Waals surface area (Å²) >= 11 is 1.17. The first-order valence-corrected chi connectivity index (χ1v) is 12.8. The molecule has 1 amide bonds. The molecule has 0 radical (unpaired) electrons. The van der Waals surface area contributed by atoms with Crippen molar-refractivity contribution in [3.05, 3.63) is 58.0 Å². The quantitative estimate of drug-likeness (QED) is 0.466. The molecule has 3 aromatic heterocycles. The molecule has 1 aliphatic heterocycles. The zero-order chi connectivity index (χ0) is 23.0. The summed E-state index contributed by atoms with van der Waals surface area (Å²) in [5, 5.41) is 3.21. The van der Waals surface area contributed by atoms with Crippen LogP contribution in [0.5, 0.6) is 0 Å². The molecule has 33 heavy (non-hydrogen) atoms. The molecule has 2 aliphatic rings. The van der Waals surface area contributed by atoms with Gasteiger partial charge in [-0.15, -0.1) is 11.3 Å². The molecule has 3 aromatic rings. The Morgan fingerprint density at radius 2 is 2.06 bits per heavy atom. The summed E-state index contributed by atoms with van der Waals surface area (Å²) in [5.74, 6) is -0.255. The van der Waals surface area contributed by atoms with Gasteiger partial charge in [-0.2, -0.15) is 0 Å². The van der Waals surface area contributed by atoms with Crippen LogP contribution in [0.25, 0.3) is 10.6 Å². The van der Waals surface area contributed by atoms with Crippen molar-refractivity contribution in [3.63, 3.8) is 0 Å². The molecule has 4 heterocycles. The number of hydrogen-bond acceptors (Lipinski definition) is 9. The van der Waals surface area contributed by atoms with E-state index in [1.807, 2.05) is 0 Å². The fraction of sp³-hybridized carbons (Fsp3) is 0.350. The van der Waals surface area contributed by atoms with Crippen molar-refractivity contribution in [3.8, 4) is 10.6 Å². The molecule has 0 aromatic carbocycles. The van der Waals surface area contributed by atoms with Gasteiger partial charge in [-0.25, -0.2) is 13.4 Å². The third-order valence-electron chi connectivity index (χ3n) is 5.46. The summed E-state index contributed by atoms with van der Waals surface area (Å²) in [6.07, 6.45) is 7.10. The Kier molecular flexibility index (Phi) is 5.68. The minimum absolute atomic E-state index is 0.255. The van der Waals surface area contributed by atoms with Crippen LogP contribution in [0.2, 0.25) is 0 Å². The highest BCUT2D eigenvalue weighted by atomic mass is 32.2. The maximum atomic E-state index is 13.3. The average molecular weight is 488 g/mol. The van der Waals surface area contributed by atoms with Gasteiger partial charge in [-0.3, -0.25) is 24.3 Å². The number of rotatable bonds is 6. The zero-order valence-corrected chi connectivity index (χ0v) is 19.0. The highest BCUT2D eigenvalue weighted by Gasteiger charge is 2.36. The van der Waals surface area contributed by atoms with Crippen LogP contribution >= 0.6 is 11.3 Å². The van der Waals surface area contributed by atoms with Gasteiger partial charge in [-0.05, 0) is 25.0 Å². The van der Waals surface area contributed by atoms with Crippen LogP contribution in [0.1, 0.15) is 34.4 Å². The fourth-order valence-electron chi connectivity index (χ4n) is 3.65. The molecule has 11 nitrogen and oxygen atoms in total. The number of anilines is 1. The second-order valence-corrected chi connectivity index (χ2v) is 10.9. The number of carbonyl (C=O) groups is 1. The highest BCUT2D eigenvalue weighted by Crippen LogP contribution is 2.31. The molecule has 172 valence electrons. The number of amides is 1. The third-order valence-corrected chi connectivity index (χ3v) is 8.35. The molecule has 1 aliphatic carbocycles. The van der Waals surface area contributed by atoms with E-state index in [-0.39, 0.29) is 27.8 Å². The summed E-state index contributed by atoms with van der Waals surface area (Å²) in [7, 11) is -3.40. The Morgan fingerprint density at radius 3 is 2.85 bits per heavy atom. The minimum atomic E-state index is -3.40. The summed E-state index contributed by atoms with van der Waals surface area (Å²) in [5.41, 5.74) is 1.18. The fourth-order valence-corrected chi connectivity index (χ4v) is 5.87. The van der Waals surface area contributed by atoms with Crippen molar-refractivity contribution in [2.45, 2.75) is 24.1 Å². The van der Waals surface area contributed by atoms with Crippen molar-refractivity contribution >= 4 is 33.0 Å². The van der Waals surface area contributed by atoms with Crippen LogP contribution < -0.4 is 15.6 Å². The lowest BCUT2D eigenvalue weighted by atomic mass is 10.1.